The van der Waals surface area contributed by atoms with Crippen LogP contribution in [0.25, 0.3) is 10.8 Å². The predicted octanol–water partition coefficient (Wildman–Crippen LogP) is 2.48. The van der Waals surface area contributed by atoms with Crippen LogP contribution < -0.4 is 21.7 Å². The number of carbonyl (C=O) groups excluding carboxylic acids is 3. The number of amides is 3. The minimum absolute atomic E-state index is 0.0218. The lowest BCUT2D eigenvalue weighted by molar-refractivity contribution is -0.123. The van der Waals surface area contributed by atoms with E-state index in [1.165, 1.54) is 10.7 Å². The first-order valence-electron chi connectivity index (χ1n) is 10.1. The van der Waals surface area contributed by atoms with E-state index in [9.17, 15) is 19.2 Å². The van der Waals surface area contributed by atoms with E-state index in [2.05, 4.69) is 21.3 Å². The van der Waals surface area contributed by atoms with Crippen LogP contribution >= 0.6 is 0 Å². The van der Waals surface area contributed by atoms with Crippen molar-refractivity contribution in [3.8, 4) is 0 Å². The average molecular weight is 435 g/mol. The van der Waals surface area contributed by atoms with Gasteiger partial charge in [-0.15, -0.1) is 0 Å². The number of fused-ring (bicyclic) bond motifs is 1. The number of hydrogen-bond donors (Lipinski definition) is 3. The first-order chi connectivity index (χ1) is 15.1. The fourth-order valence-electron chi connectivity index (χ4n) is 2.92. The molecule has 3 rings (SSSR count). The fraction of sp³-hybridized carbons (Fsp3) is 0.261. The highest BCUT2D eigenvalue weighted by Gasteiger charge is 2.21. The standard InChI is InChI=1S/C23H25N5O4/c1-5-28-21(31)17-12-7-6-11-16(17)18(27-28)20(30)26-25-19(29)14-9-8-10-15(13-14)24-22(32)23(2,3)4/h6-13H,5H2,1-4H3,(H,24,32)(H,25,29)(H,26,30). The summed E-state index contributed by atoms with van der Waals surface area (Å²) < 4.78 is 1.19. The van der Waals surface area contributed by atoms with Gasteiger partial charge < -0.3 is 5.32 Å². The van der Waals surface area contributed by atoms with Crippen molar-refractivity contribution < 1.29 is 14.4 Å². The number of hydrogen-bond acceptors (Lipinski definition) is 5. The quantitative estimate of drug-likeness (QED) is 0.544. The Morgan fingerprint density at radius 3 is 2.25 bits per heavy atom. The second-order valence-corrected chi connectivity index (χ2v) is 8.21. The maximum absolute atomic E-state index is 12.7. The maximum Gasteiger partial charge on any atom is 0.290 e. The van der Waals surface area contributed by atoms with Crippen molar-refractivity contribution in [1.82, 2.24) is 20.6 Å². The molecule has 0 aliphatic rings. The van der Waals surface area contributed by atoms with Crippen molar-refractivity contribution in [2.24, 2.45) is 5.41 Å². The molecule has 0 aliphatic heterocycles. The third-order valence-corrected chi connectivity index (χ3v) is 4.74. The largest absolute Gasteiger partial charge is 0.326 e. The van der Waals surface area contributed by atoms with E-state index >= 15 is 0 Å². The molecule has 0 spiro atoms. The molecule has 0 radical (unpaired) electrons. The van der Waals surface area contributed by atoms with Crippen molar-refractivity contribution in [1.29, 1.82) is 0 Å². The molecule has 1 heterocycles. The minimum Gasteiger partial charge on any atom is -0.326 e. The predicted molar refractivity (Wildman–Crippen MR) is 121 cm³/mol. The number of carbonyl (C=O) groups is 3. The summed E-state index contributed by atoms with van der Waals surface area (Å²) in [6, 6.07) is 13.0. The average Bonchev–Trinajstić information content (AvgIpc) is 2.77. The van der Waals surface area contributed by atoms with Gasteiger partial charge in [0.15, 0.2) is 5.69 Å². The minimum atomic E-state index is -0.658. The third kappa shape index (κ3) is 4.83. The van der Waals surface area contributed by atoms with Gasteiger partial charge >= 0.3 is 0 Å². The first-order valence-corrected chi connectivity index (χ1v) is 10.1. The van der Waals surface area contributed by atoms with Gasteiger partial charge in [-0.2, -0.15) is 5.10 Å². The molecule has 0 fully saturated rings. The number of anilines is 1. The molecule has 9 nitrogen and oxygen atoms in total. The van der Waals surface area contributed by atoms with Gasteiger partial charge in [0.1, 0.15) is 0 Å². The van der Waals surface area contributed by atoms with Crippen LogP contribution in [0.4, 0.5) is 5.69 Å². The molecule has 3 N–H and O–H groups in total. The highest BCUT2D eigenvalue weighted by Crippen LogP contribution is 2.18. The van der Waals surface area contributed by atoms with Gasteiger partial charge in [-0.25, -0.2) is 4.68 Å². The van der Waals surface area contributed by atoms with Gasteiger partial charge in [-0.05, 0) is 31.2 Å². The molecule has 166 valence electrons. The summed E-state index contributed by atoms with van der Waals surface area (Å²) in [7, 11) is 0. The van der Waals surface area contributed by atoms with Crippen LogP contribution in [0.15, 0.2) is 53.3 Å². The number of rotatable bonds is 4. The monoisotopic (exact) mass is 435 g/mol. The summed E-state index contributed by atoms with van der Waals surface area (Å²) >= 11 is 0. The highest BCUT2D eigenvalue weighted by molar-refractivity contribution is 6.06. The number of hydrazine groups is 1. The Morgan fingerprint density at radius 2 is 1.59 bits per heavy atom. The summed E-state index contributed by atoms with van der Waals surface area (Å²) in [5.74, 6) is -1.42. The lowest BCUT2D eigenvalue weighted by atomic mass is 9.95. The molecule has 0 aliphatic carbocycles. The molecule has 3 amide bonds. The lowest BCUT2D eigenvalue weighted by Gasteiger charge is -2.18. The Morgan fingerprint density at radius 1 is 0.938 bits per heavy atom. The van der Waals surface area contributed by atoms with Crippen LogP contribution in [0.3, 0.4) is 0 Å². The third-order valence-electron chi connectivity index (χ3n) is 4.74. The van der Waals surface area contributed by atoms with Gasteiger partial charge in [0, 0.05) is 28.6 Å². The number of nitrogens with one attached hydrogen (secondary N) is 3. The van der Waals surface area contributed by atoms with Crippen LogP contribution in [-0.2, 0) is 11.3 Å². The molecule has 0 atom stereocenters. The molecule has 0 bridgehead atoms. The van der Waals surface area contributed by atoms with Crippen LogP contribution in [0.1, 0.15) is 48.5 Å². The van der Waals surface area contributed by atoms with E-state index < -0.39 is 17.2 Å². The smallest absolute Gasteiger partial charge is 0.290 e. The zero-order chi connectivity index (χ0) is 23.5. The van der Waals surface area contributed by atoms with Crippen molar-refractivity contribution in [3.63, 3.8) is 0 Å². The SMILES string of the molecule is CCn1nc(C(=O)NNC(=O)c2cccc(NC(=O)C(C)(C)C)c2)c2ccccc2c1=O. The second kappa shape index (κ2) is 9.01. The molecule has 2 aromatic carbocycles. The number of aromatic nitrogens is 2. The Hall–Kier alpha value is -4.01. The lowest BCUT2D eigenvalue weighted by Crippen LogP contribution is -2.42. The normalized spacial score (nSPS) is 11.1. The molecule has 0 unspecified atom stereocenters. The van der Waals surface area contributed by atoms with Crippen molar-refractivity contribution >= 4 is 34.2 Å². The summed E-state index contributed by atoms with van der Waals surface area (Å²) in [6.45, 7) is 7.40. The summed E-state index contributed by atoms with van der Waals surface area (Å²) in [6.07, 6.45) is 0. The summed E-state index contributed by atoms with van der Waals surface area (Å²) in [5.41, 5.74) is 4.54. The van der Waals surface area contributed by atoms with Gasteiger partial charge in [0.2, 0.25) is 5.91 Å². The Kier molecular flexibility index (Phi) is 6.38. The van der Waals surface area contributed by atoms with Crippen LogP contribution in [0, 0.1) is 5.41 Å². The Balaban J connectivity index is 1.77. The van der Waals surface area contributed by atoms with Gasteiger partial charge in [-0.3, -0.25) is 30.0 Å². The van der Waals surface area contributed by atoms with Gasteiger partial charge in [0.25, 0.3) is 17.4 Å². The van der Waals surface area contributed by atoms with E-state index in [0.717, 1.165) is 0 Å². The zero-order valence-electron chi connectivity index (χ0n) is 18.4. The molecule has 3 aromatic rings. The Labute approximate surface area is 184 Å². The highest BCUT2D eigenvalue weighted by atomic mass is 16.2. The van der Waals surface area contributed by atoms with Crippen LogP contribution in [0.5, 0.6) is 0 Å². The molecular formula is C23H25N5O4. The van der Waals surface area contributed by atoms with E-state index in [4.69, 9.17) is 0 Å². The number of benzene rings is 2. The van der Waals surface area contributed by atoms with Gasteiger partial charge in [-0.1, -0.05) is 45.0 Å². The molecule has 9 heteroatoms. The van der Waals surface area contributed by atoms with E-state index in [1.807, 2.05) is 0 Å². The topological polar surface area (TPSA) is 122 Å². The Bertz CT molecular complexity index is 1260. The van der Waals surface area contributed by atoms with Crippen molar-refractivity contribution in [2.75, 3.05) is 5.32 Å². The van der Waals surface area contributed by atoms with Crippen LogP contribution in [-0.4, -0.2) is 27.5 Å². The van der Waals surface area contributed by atoms with E-state index in [1.54, 1.807) is 70.2 Å². The molecule has 32 heavy (non-hydrogen) atoms. The van der Waals surface area contributed by atoms with E-state index in [0.29, 0.717) is 23.0 Å². The van der Waals surface area contributed by atoms with Crippen molar-refractivity contribution in [2.45, 2.75) is 34.2 Å². The van der Waals surface area contributed by atoms with Gasteiger partial charge in [0.05, 0.1) is 5.39 Å². The molecule has 0 saturated heterocycles. The second-order valence-electron chi connectivity index (χ2n) is 8.21. The number of nitrogens with zero attached hydrogens (tertiary/aromatic N) is 2. The molecule has 1 aromatic heterocycles. The van der Waals surface area contributed by atoms with E-state index in [-0.39, 0.29) is 22.7 Å². The first kappa shape index (κ1) is 22.7. The molecule has 0 saturated carbocycles. The zero-order valence-corrected chi connectivity index (χ0v) is 18.4. The number of aryl methyl sites for hydroxylation is 1. The summed E-state index contributed by atoms with van der Waals surface area (Å²) in [5, 5.41) is 7.64. The maximum atomic E-state index is 12.7. The molecular weight excluding hydrogens is 410 g/mol. The van der Waals surface area contributed by atoms with Crippen LogP contribution in [0.2, 0.25) is 0 Å². The van der Waals surface area contributed by atoms with Crippen molar-refractivity contribution in [3.05, 3.63) is 70.1 Å². The fourth-order valence-corrected chi connectivity index (χ4v) is 2.92. The summed E-state index contributed by atoms with van der Waals surface area (Å²) in [4.78, 5) is 49.9.